The van der Waals surface area contributed by atoms with Crippen LogP contribution in [-0.2, 0) is 6.42 Å². The van der Waals surface area contributed by atoms with Crippen LogP contribution >= 0.6 is 0 Å². The zero-order valence-electron chi connectivity index (χ0n) is 12.6. The number of para-hydroxylation sites is 3. The van der Waals surface area contributed by atoms with Crippen molar-refractivity contribution >= 4 is 10.9 Å². The molecule has 0 radical (unpaired) electrons. The van der Waals surface area contributed by atoms with E-state index in [9.17, 15) is 0 Å². The lowest BCUT2D eigenvalue weighted by atomic mass is 10.1. The van der Waals surface area contributed by atoms with E-state index in [1.54, 1.807) is 0 Å². The van der Waals surface area contributed by atoms with Gasteiger partial charge in [-0.15, -0.1) is 0 Å². The number of aryl methyl sites for hydroxylation is 1. The fraction of sp³-hybridized carbons (Fsp3) is 0.222. The van der Waals surface area contributed by atoms with Gasteiger partial charge in [-0.25, -0.2) is 0 Å². The summed E-state index contributed by atoms with van der Waals surface area (Å²) in [6.45, 7) is 3.17. The number of ether oxygens (including phenoxy) is 2. The number of fused-ring (bicyclic) bond motifs is 2. The van der Waals surface area contributed by atoms with Gasteiger partial charge < -0.3 is 20.2 Å². The minimum atomic E-state index is 0.360. The molecule has 0 bridgehead atoms. The third-order valence-electron chi connectivity index (χ3n) is 3.70. The number of hydrogen-bond acceptors (Lipinski definition) is 3. The smallest absolute Gasteiger partial charge is 0.231 e. The Hall–Kier alpha value is -2.46. The standard InChI is InChI=1S/C11H14N2.C7H6O2/c1-8-9(6-7-12)10-4-2-3-5-11(10)13-8;1-2-4-7-6(3-1)8-5-9-7/h2-5,13H,6-7,12H2,1H3;1-4H,5H2. The van der Waals surface area contributed by atoms with Crippen LogP contribution in [0.25, 0.3) is 10.9 Å². The highest BCUT2D eigenvalue weighted by Gasteiger charge is 2.09. The van der Waals surface area contributed by atoms with Crippen molar-refractivity contribution in [3.63, 3.8) is 0 Å². The highest BCUT2D eigenvalue weighted by atomic mass is 16.7. The summed E-state index contributed by atoms with van der Waals surface area (Å²) in [6, 6.07) is 16.0. The van der Waals surface area contributed by atoms with Gasteiger partial charge in [0.05, 0.1) is 0 Å². The second-order valence-electron chi connectivity index (χ2n) is 5.17. The number of nitrogens with two attached hydrogens (primary N) is 1. The first kappa shape index (κ1) is 14.5. The maximum absolute atomic E-state index is 5.57. The zero-order valence-corrected chi connectivity index (χ0v) is 12.6. The van der Waals surface area contributed by atoms with Crippen LogP contribution in [0.5, 0.6) is 11.5 Å². The predicted molar refractivity (Wildman–Crippen MR) is 88.4 cm³/mol. The molecule has 0 unspecified atom stereocenters. The zero-order chi connectivity index (χ0) is 15.4. The van der Waals surface area contributed by atoms with Crippen molar-refractivity contribution in [1.82, 2.24) is 4.98 Å². The molecule has 0 atom stereocenters. The normalized spacial score (nSPS) is 12.1. The van der Waals surface area contributed by atoms with E-state index in [2.05, 4.69) is 30.1 Å². The summed E-state index contributed by atoms with van der Waals surface area (Å²) >= 11 is 0. The fourth-order valence-corrected chi connectivity index (χ4v) is 2.65. The highest BCUT2D eigenvalue weighted by Crippen LogP contribution is 2.30. The molecule has 0 fully saturated rings. The van der Waals surface area contributed by atoms with Crippen molar-refractivity contribution in [3.05, 3.63) is 59.8 Å². The first-order valence-electron chi connectivity index (χ1n) is 7.40. The van der Waals surface area contributed by atoms with E-state index in [0.717, 1.165) is 17.9 Å². The van der Waals surface area contributed by atoms with E-state index in [0.29, 0.717) is 13.3 Å². The van der Waals surface area contributed by atoms with Crippen molar-refractivity contribution in [2.24, 2.45) is 5.73 Å². The highest BCUT2D eigenvalue weighted by molar-refractivity contribution is 5.84. The molecule has 2 aromatic carbocycles. The molecule has 0 saturated carbocycles. The Labute approximate surface area is 129 Å². The molecule has 0 amide bonds. The first-order chi connectivity index (χ1) is 10.8. The largest absolute Gasteiger partial charge is 0.454 e. The number of aromatic amines is 1. The van der Waals surface area contributed by atoms with Crippen LogP contribution in [0.2, 0.25) is 0 Å². The van der Waals surface area contributed by atoms with Gasteiger partial charge in [0.2, 0.25) is 6.79 Å². The van der Waals surface area contributed by atoms with Gasteiger partial charge in [-0.3, -0.25) is 0 Å². The van der Waals surface area contributed by atoms with Crippen molar-refractivity contribution in [3.8, 4) is 11.5 Å². The van der Waals surface area contributed by atoms with E-state index in [1.807, 2.05) is 30.3 Å². The summed E-state index contributed by atoms with van der Waals surface area (Å²) in [5, 5.41) is 1.31. The van der Waals surface area contributed by atoms with Gasteiger partial charge in [0.1, 0.15) is 0 Å². The van der Waals surface area contributed by atoms with Crippen LogP contribution in [0, 0.1) is 6.92 Å². The molecule has 1 aromatic heterocycles. The number of hydrogen-bond donors (Lipinski definition) is 2. The van der Waals surface area contributed by atoms with E-state index >= 15 is 0 Å². The summed E-state index contributed by atoms with van der Waals surface area (Å²) in [4.78, 5) is 3.36. The molecule has 114 valence electrons. The number of nitrogens with one attached hydrogen (secondary N) is 1. The lowest BCUT2D eigenvalue weighted by Crippen LogP contribution is -2.03. The van der Waals surface area contributed by atoms with Crippen LogP contribution in [0.1, 0.15) is 11.3 Å². The summed E-state index contributed by atoms with van der Waals surface area (Å²) in [5.41, 5.74) is 9.38. The van der Waals surface area contributed by atoms with Gasteiger partial charge in [-0.1, -0.05) is 30.3 Å². The van der Waals surface area contributed by atoms with Gasteiger partial charge in [0.15, 0.2) is 11.5 Å². The molecule has 1 aliphatic rings. The monoisotopic (exact) mass is 296 g/mol. The molecule has 4 heteroatoms. The second-order valence-corrected chi connectivity index (χ2v) is 5.17. The van der Waals surface area contributed by atoms with Gasteiger partial charge in [0.25, 0.3) is 0 Å². The quantitative estimate of drug-likeness (QED) is 0.762. The maximum Gasteiger partial charge on any atom is 0.231 e. The Balaban J connectivity index is 0.000000139. The Morgan fingerprint density at radius 2 is 1.64 bits per heavy atom. The molecular weight excluding hydrogens is 276 g/mol. The summed E-state index contributed by atoms with van der Waals surface area (Å²) in [6.07, 6.45) is 0.954. The number of benzene rings is 2. The number of rotatable bonds is 2. The average molecular weight is 296 g/mol. The molecule has 0 spiro atoms. The van der Waals surface area contributed by atoms with Crippen LogP contribution in [-0.4, -0.2) is 18.3 Å². The molecule has 3 N–H and O–H groups in total. The summed E-state index contributed by atoms with van der Waals surface area (Å²) in [5.74, 6) is 1.69. The molecule has 22 heavy (non-hydrogen) atoms. The van der Waals surface area contributed by atoms with Crippen molar-refractivity contribution < 1.29 is 9.47 Å². The Morgan fingerprint density at radius 3 is 2.32 bits per heavy atom. The van der Waals surface area contributed by atoms with Gasteiger partial charge in [-0.05, 0) is 43.7 Å². The minimum Gasteiger partial charge on any atom is -0.454 e. The van der Waals surface area contributed by atoms with Crippen LogP contribution < -0.4 is 15.2 Å². The molecule has 1 aliphatic heterocycles. The lowest BCUT2D eigenvalue weighted by molar-refractivity contribution is 0.174. The van der Waals surface area contributed by atoms with E-state index in [1.165, 1.54) is 22.2 Å². The van der Waals surface area contributed by atoms with Crippen molar-refractivity contribution in [1.29, 1.82) is 0 Å². The fourth-order valence-electron chi connectivity index (χ4n) is 2.65. The Morgan fingerprint density at radius 1 is 1.00 bits per heavy atom. The predicted octanol–water partition coefficient (Wildman–Crippen LogP) is 3.39. The minimum absolute atomic E-state index is 0.360. The second kappa shape index (κ2) is 6.54. The molecule has 0 saturated heterocycles. The molecule has 2 heterocycles. The SMILES string of the molecule is Cc1[nH]c2ccccc2c1CCN.c1ccc2c(c1)OCO2. The average Bonchev–Trinajstić information content (AvgIpc) is 3.13. The Kier molecular flexibility index (Phi) is 4.30. The van der Waals surface area contributed by atoms with Crippen molar-refractivity contribution in [2.75, 3.05) is 13.3 Å². The third kappa shape index (κ3) is 2.92. The molecule has 4 nitrogen and oxygen atoms in total. The molecule has 4 rings (SSSR count). The maximum atomic E-state index is 5.57. The first-order valence-corrected chi connectivity index (χ1v) is 7.40. The number of H-pyrrole nitrogens is 1. The number of aromatic nitrogens is 1. The van der Waals surface area contributed by atoms with E-state index in [-0.39, 0.29) is 0 Å². The van der Waals surface area contributed by atoms with Crippen molar-refractivity contribution in [2.45, 2.75) is 13.3 Å². The van der Waals surface area contributed by atoms with Gasteiger partial charge in [0, 0.05) is 16.6 Å². The van der Waals surface area contributed by atoms with Gasteiger partial charge >= 0.3 is 0 Å². The van der Waals surface area contributed by atoms with E-state index in [4.69, 9.17) is 15.2 Å². The molecular formula is C18H20N2O2. The Bertz CT molecular complexity index is 742. The van der Waals surface area contributed by atoms with Crippen LogP contribution in [0.3, 0.4) is 0 Å². The molecule has 3 aromatic rings. The summed E-state index contributed by atoms with van der Waals surface area (Å²) < 4.78 is 10.2. The summed E-state index contributed by atoms with van der Waals surface area (Å²) in [7, 11) is 0. The van der Waals surface area contributed by atoms with E-state index < -0.39 is 0 Å². The third-order valence-corrected chi connectivity index (χ3v) is 3.70. The lowest BCUT2D eigenvalue weighted by Gasteiger charge is -1.96. The van der Waals surface area contributed by atoms with Crippen LogP contribution in [0.15, 0.2) is 48.5 Å². The molecule has 0 aliphatic carbocycles. The van der Waals surface area contributed by atoms with Gasteiger partial charge in [-0.2, -0.15) is 0 Å². The van der Waals surface area contributed by atoms with Crippen LogP contribution in [0.4, 0.5) is 0 Å². The topological polar surface area (TPSA) is 60.3 Å².